The van der Waals surface area contributed by atoms with Crippen LogP contribution in [0.4, 0.5) is 0 Å². The highest BCUT2D eigenvalue weighted by Crippen LogP contribution is 2.18. The molecule has 0 aromatic carbocycles. The van der Waals surface area contributed by atoms with Gasteiger partial charge in [0, 0.05) is 12.6 Å². The van der Waals surface area contributed by atoms with Crippen molar-refractivity contribution in [3.8, 4) is 0 Å². The van der Waals surface area contributed by atoms with E-state index in [0.717, 1.165) is 25.4 Å². The maximum absolute atomic E-state index is 5.41. The Balaban J connectivity index is 1.61. The van der Waals surface area contributed by atoms with Crippen LogP contribution >= 0.6 is 0 Å². The molecule has 72 valence electrons. The molecular formula is C11H17NO. The Morgan fingerprint density at radius 1 is 1.38 bits per heavy atom. The molecule has 2 nitrogen and oxygen atoms in total. The number of ether oxygens (including phenoxy) is 1. The second-order valence-corrected chi connectivity index (χ2v) is 3.73. The molecule has 2 heteroatoms. The van der Waals surface area contributed by atoms with E-state index in [4.69, 9.17) is 4.74 Å². The maximum Gasteiger partial charge on any atom is 0.116 e. The van der Waals surface area contributed by atoms with Crippen LogP contribution in [0.1, 0.15) is 25.7 Å². The molecule has 1 aliphatic heterocycles. The molecule has 0 aromatic heterocycles. The fourth-order valence-corrected chi connectivity index (χ4v) is 1.44. The Morgan fingerprint density at radius 2 is 2.31 bits per heavy atom. The van der Waals surface area contributed by atoms with Crippen molar-refractivity contribution in [2.75, 3.05) is 6.54 Å². The first-order valence-corrected chi connectivity index (χ1v) is 5.15. The van der Waals surface area contributed by atoms with Crippen molar-refractivity contribution in [3.05, 3.63) is 24.5 Å². The zero-order valence-corrected chi connectivity index (χ0v) is 7.91. The Bertz CT molecular complexity index is 206. The van der Waals surface area contributed by atoms with E-state index in [1.807, 2.05) is 6.26 Å². The maximum atomic E-state index is 5.41. The highest BCUT2D eigenvalue weighted by Gasteiger charge is 2.19. The molecule has 13 heavy (non-hydrogen) atoms. The Hall–Kier alpha value is -0.760. The minimum absolute atomic E-state index is 0.311. The fraction of sp³-hybridized carbons (Fsp3) is 0.636. The third kappa shape index (κ3) is 3.23. The summed E-state index contributed by atoms with van der Waals surface area (Å²) in [6.07, 6.45) is 13.5. The van der Waals surface area contributed by atoms with E-state index in [1.54, 1.807) is 0 Å². The van der Waals surface area contributed by atoms with Gasteiger partial charge in [0.2, 0.25) is 0 Å². The molecule has 0 saturated heterocycles. The summed E-state index contributed by atoms with van der Waals surface area (Å²) < 4.78 is 5.41. The van der Waals surface area contributed by atoms with Crippen LogP contribution in [0.3, 0.4) is 0 Å². The van der Waals surface area contributed by atoms with Gasteiger partial charge in [0.15, 0.2) is 0 Å². The number of allylic oxidation sites excluding steroid dienone is 1. The lowest BCUT2D eigenvalue weighted by Gasteiger charge is -2.15. The highest BCUT2D eigenvalue weighted by molar-refractivity contribution is 4.97. The summed E-state index contributed by atoms with van der Waals surface area (Å²) in [5.41, 5.74) is 0. The van der Waals surface area contributed by atoms with Crippen LogP contribution in [0.15, 0.2) is 24.5 Å². The van der Waals surface area contributed by atoms with E-state index < -0.39 is 0 Å². The predicted molar refractivity (Wildman–Crippen MR) is 53.4 cm³/mol. The van der Waals surface area contributed by atoms with Crippen LogP contribution in [-0.4, -0.2) is 18.7 Å². The van der Waals surface area contributed by atoms with Gasteiger partial charge in [0.05, 0.1) is 6.26 Å². The molecular weight excluding hydrogens is 162 g/mol. The number of hydrogen-bond donors (Lipinski definition) is 1. The minimum atomic E-state index is 0.311. The van der Waals surface area contributed by atoms with E-state index in [9.17, 15) is 0 Å². The second kappa shape index (κ2) is 4.47. The third-order valence-corrected chi connectivity index (χ3v) is 2.42. The quantitative estimate of drug-likeness (QED) is 0.666. The Labute approximate surface area is 79.7 Å². The molecule has 1 saturated carbocycles. The van der Waals surface area contributed by atoms with Crippen molar-refractivity contribution in [1.29, 1.82) is 0 Å². The average Bonchev–Trinajstić information content (AvgIpc) is 2.98. The summed E-state index contributed by atoms with van der Waals surface area (Å²) in [6, 6.07) is 0.803. The molecule has 2 rings (SSSR count). The van der Waals surface area contributed by atoms with E-state index >= 15 is 0 Å². The van der Waals surface area contributed by atoms with Crippen LogP contribution < -0.4 is 5.32 Å². The van der Waals surface area contributed by atoms with Gasteiger partial charge in [-0.2, -0.15) is 0 Å². The second-order valence-electron chi connectivity index (χ2n) is 3.73. The molecule has 0 amide bonds. The van der Waals surface area contributed by atoms with Crippen LogP contribution in [0.5, 0.6) is 0 Å². The Morgan fingerprint density at radius 3 is 3.00 bits per heavy atom. The van der Waals surface area contributed by atoms with E-state index in [2.05, 4.69) is 23.5 Å². The summed E-state index contributed by atoms with van der Waals surface area (Å²) in [5, 5.41) is 3.44. The van der Waals surface area contributed by atoms with Crippen molar-refractivity contribution in [1.82, 2.24) is 5.32 Å². The van der Waals surface area contributed by atoms with Gasteiger partial charge >= 0.3 is 0 Å². The molecule has 1 fully saturated rings. The van der Waals surface area contributed by atoms with E-state index in [1.165, 1.54) is 12.8 Å². The average molecular weight is 179 g/mol. The van der Waals surface area contributed by atoms with Gasteiger partial charge in [0.1, 0.15) is 6.10 Å². The third-order valence-electron chi connectivity index (χ3n) is 2.42. The SMILES string of the molecule is C1=COC(C=CCNC2CC2)CC1. The van der Waals surface area contributed by atoms with Crippen LogP contribution in [0.25, 0.3) is 0 Å². The lowest BCUT2D eigenvalue weighted by atomic mass is 10.1. The zero-order chi connectivity index (χ0) is 8.93. The van der Waals surface area contributed by atoms with E-state index in [-0.39, 0.29) is 0 Å². The standard InChI is InChI=1S/C11H17NO/c1-2-9-13-11(4-1)5-3-8-12-10-6-7-10/h2-3,5,9-12H,1,4,6-8H2. The van der Waals surface area contributed by atoms with Crippen molar-refractivity contribution < 1.29 is 4.74 Å². The molecule has 0 bridgehead atoms. The molecule has 2 aliphatic rings. The fourth-order valence-electron chi connectivity index (χ4n) is 1.44. The monoisotopic (exact) mass is 179 g/mol. The molecule has 1 unspecified atom stereocenters. The van der Waals surface area contributed by atoms with Crippen molar-refractivity contribution >= 4 is 0 Å². The van der Waals surface area contributed by atoms with Gasteiger partial charge in [-0.05, 0) is 37.8 Å². The Kier molecular flexibility index (Phi) is 3.03. The number of hydrogen-bond acceptors (Lipinski definition) is 2. The topological polar surface area (TPSA) is 21.3 Å². The molecule has 0 aromatic rings. The number of nitrogens with one attached hydrogen (secondary N) is 1. The summed E-state index contributed by atoms with van der Waals surface area (Å²) >= 11 is 0. The smallest absolute Gasteiger partial charge is 0.116 e. The van der Waals surface area contributed by atoms with Crippen LogP contribution in [0, 0.1) is 0 Å². The number of rotatable bonds is 4. The molecule has 0 radical (unpaired) electrons. The predicted octanol–water partition coefficient (Wildman–Crippen LogP) is 1.99. The normalized spacial score (nSPS) is 27.8. The van der Waals surface area contributed by atoms with Gasteiger partial charge in [-0.1, -0.05) is 6.08 Å². The summed E-state index contributed by atoms with van der Waals surface area (Å²) in [5.74, 6) is 0. The molecule has 1 aliphatic carbocycles. The summed E-state index contributed by atoms with van der Waals surface area (Å²) in [6.45, 7) is 0.994. The summed E-state index contributed by atoms with van der Waals surface area (Å²) in [7, 11) is 0. The summed E-state index contributed by atoms with van der Waals surface area (Å²) in [4.78, 5) is 0. The van der Waals surface area contributed by atoms with Crippen LogP contribution in [0.2, 0.25) is 0 Å². The first kappa shape index (κ1) is 8.82. The van der Waals surface area contributed by atoms with Gasteiger partial charge in [0.25, 0.3) is 0 Å². The van der Waals surface area contributed by atoms with Crippen molar-refractivity contribution in [2.45, 2.75) is 37.8 Å². The highest BCUT2D eigenvalue weighted by atomic mass is 16.5. The molecule has 1 N–H and O–H groups in total. The van der Waals surface area contributed by atoms with Gasteiger partial charge < -0.3 is 10.1 Å². The van der Waals surface area contributed by atoms with Crippen molar-refractivity contribution in [3.63, 3.8) is 0 Å². The molecule has 0 spiro atoms. The van der Waals surface area contributed by atoms with Crippen molar-refractivity contribution in [2.24, 2.45) is 0 Å². The largest absolute Gasteiger partial charge is 0.494 e. The minimum Gasteiger partial charge on any atom is -0.494 e. The lowest BCUT2D eigenvalue weighted by Crippen LogP contribution is -2.16. The first-order valence-electron chi connectivity index (χ1n) is 5.15. The first-order chi connectivity index (χ1) is 6.45. The molecule has 1 atom stereocenters. The van der Waals surface area contributed by atoms with Crippen LogP contribution in [-0.2, 0) is 4.74 Å². The molecule has 1 heterocycles. The van der Waals surface area contributed by atoms with Gasteiger partial charge in [-0.25, -0.2) is 0 Å². The van der Waals surface area contributed by atoms with Gasteiger partial charge in [-0.3, -0.25) is 0 Å². The van der Waals surface area contributed by atoms with Gasteiger partial charge in [-0.15, -0.1) is 0 Å². The van der Waals surface area contributed by atoms with E-state index in [0.29, 0.717) is 6.10 Å². The lowest BCUT2D eigenvalue weighted by molar-refractivity contribution is 0.165. The zero-order valence-electron chi connectivity index (χ0n) is 7.91.